The number of carbonyl (C=O) groups is 1. The second kappa shape index (κ2) is 6.79. The van der Waals surface area contributed by atoms with E-state index in [1.54, 1.807) is 29.1 Å². The van der Waals surface area contributed by atoms with Gasteiger partial charge in [-0.3, -0.25) is 14.9 Å². The average molecular weight is 329 g/mol. The largest absolute Gasteiger partial charge is 0.349 e. The highest BCUT2D eigenvalue weighted by molar-refractivity contribution is 5.95. The lowest BCUT2D eigenvalue weighted by atomic mass is 10.0. The van der Waals surface area contributed by atoms with E-state index in [9.17, 15) is 14.9 Å². The van der Waals surface area contributed by atoms with Crippen LogP contribution in [0.15, 0.2) is 36.9 Å². The zero-order valence-electron chi connectivity index (χ0n) is 13.4. The van der Waals surface area contributed by atoms with Crippen LogP contribution in [-0.2, 0) is 0 Å². The van der Waals surface area contributed by atoms with Crippen LogP contribution in [0.25, 0.3) is 5.69 Å². The van der Waals surface area contributed by atoms with E-state index < -0.39 is 4.92 Å². The maximum atomic E-state index is 12.4. The first kappa shape index (κ1) is 16.1. The number of hydrogen-bond donors (Lipinski definition) is 1. The van der Waals surface area contributed by atoms with Crippen molar-refractivity contribution in [2.75, 3.05) is 20.1 Å². The second-order valence-electron chi connectivity index (χ2n) is 5.98. The molecule has 2 aromatic rings. The molecular weight excluding hydrogens is 310 g/mol. The summed E-state index contributed by atoms with van der Waals surface area (Å²) in [5.74, 6) is -0.273. The highest BCUT2D eigenvalue weighted by Gasteiger charge is 2.22. The first-order valence-electron chi connectivity index (χ1n) is 7.81. The van der Waals surface area contributed by atoms with E-state index in [1.807, 2.05) is 0 Å². The first-order valence-corrected chi connectivity index (χ1v) is 7.81. The number of carbonyl (C=O) groups excluding carboxylic acids is 1. The van der Waals surface area contributed by atoms with E-state index >= 15 is 0 Å². The van der Waals surface area contributed by atoms with Gasteiger partial charge in [-0.15, -0.1) is 0 Å². The van der Waals surface area contributed by atoms with Crippen molar-refractivity contribution in [1.29, 1.82) is 0 Å². The van der Waals surface area contributed by atoms with Gasteiger partial charge in [-0.1, -0.05) is 0 Å². The number of nitro groups is 1. The van der Waals surface area contributed by atoms with Crippen LogP contribution in [0.5, 0.6) is 0 Å². The maximum absolute atomic E-state index is 12.4. The molecule has 8 heteroatoms. The summed E-state index contributed by atoms with van der Waals surface area (Å²) in [6.07, 6.45) is 6.43. The Morgan fingerprint density at radius 2 is 2.12 bits per heavy atom. The van der Waals surface area contributed by atoms with Crippen molar-refractivity contribution in [2.45, 2.75) is 18.9 Å². The minimum absolute atomic E-state index is 0.112. The molecular formula is C16H19N5O3. The van der Waals surface area contributed by atoms with E-state index in [0.717, 1.165) is 25.9 Å². The van der Waals surface area contributed by atoms with Crippen LogP contribution in [-0.4, -0.2) is 51.5 Å². The smallest absolute Gasteiger partial charge is 0.294 e. The third-order valence-electron chi connectivity index (χ3n) is 4.27. The number of nitro benzene ring substituents is 1. The highest BCUT2D eigenvalue weighted by Crippen LogP contribution is 2.24. The maximum Gasteiger partial charge on any atom is 0.294 e. The van der Waals surface area contributed by atoms with Gasteiger partial charge in [0.15, 0.2) is 0 Å². The Morgan fingerprint density at radius 3 is 2.75 bits per heavy atom. The van der Waals surface area contributed by atoms with Gasteiger partial charge < -0.3 is 14.8 Å². The summed E-state index contributed by atoms with van der Waals surface area (Å²) >= 11 is 0. The molecule has 0 saturated carbocycles. The SMILES string of the molecule is CN1CCC(NC(=O)c2ccc(-n3ccnc3)c([N+](=O)[O-])c2)CC1. The van der Waals surface area contributed by atoms with Gasteiger partial charge in [-0.2, -0.15) is 0 Å². The lowest BCUT2D eigenvalue weighted by Gasteiger charge is -2.29. The third kappa shape index (κ3) is 3.43. The van der Waals surface area contributed by atoms with Crippen LogP contribution in [0.4, 0.5) is 5.69 Å². The van der Waals surface area contributed by atoms with Gasteiger partial charge in [0.1, 0.15) is 5.69 Å². The summed E-state index contributed by atoms with van der Waals surface area (Å²) in [5.41, 5.74) is 0.557. The lowest BCUT2D eigenvalue weighted by Crippen LogP contribution is -2.43. The number of nitrogens with zero attached hydrogens (tertiary/aromatic N) is 4. The Balaban J connectivity index is 1.80. The van der Waals surface area contributed by atoms with Gasteiger partial charge >= 0.3 is 0 Å². The summed E-state index contributed by atoms with van der Waals surface area (Å²) in [4.78, 5) is 29.4. The van der Waals surface area contributed by atoms with Gasteiger partial charge in [0.2, 0.25) is 0 Å². The van der Waals surface area contributed by atoms with Crippen molar-refractivity contribution < 1.29 is 9.72 Å². The van der Waals surface area contributed by atoms with Gasteiger partial charge in [-0.25, -0.2) is 4.98 Å². The molecule has 1 aromatic heterocycles. The van der Waals surface area contributed by atoms with Crippen molar-refractivity contribution in [3.8, 4) is 5.69 Å². The summed E-state index contributed by atoms with van der Waals surface area (Å²) in [7, 11) is 2.05. The van der Waals surface area contributed by atoms with Crippen molar-refractivity contribution >= 4 is 11.6 Å². The molecule has 0 radical (unpaired) electrons. The molecule has 1 N–H and O–H groups in total. The molecule has 8 nitrogen and oxygen atoms in total. The number of hydrogen-bond acceptors (Lipinski definition) is 5. The predicted molar refractivity (Wildman–Crippen MR) is 88.2 cm³/mol. The first-order chi connectivity index (χ1) is 11.5. The van der Waals surface area contributed by atoms with Crippen molar-refractivity contribution in [3.05, 3.63) is 52.6 Å². The summed E-state index contributed by atoms with van der Waals surface area (Å²) in [6, 6.07) is 4.61. The standard InChI is InChI=1S/C16H19N5O3/c1-19-7-4-13(5-8-19)18-16(22)12-2-3-14(15(10-12)21(23)24)20-9-6-17-11-20/h2-3,6,9-11,13H,4-5,7-8H2,1H3,(H,18,22). The zero-order chi connectivity index (χ0) is 17.1. The molecule has 1 saturated heterocycles. The van der Waals surface area contributed by atoms with Crippen LogP contribution >= 0.6 is 0 Å². The van der Waals surface area contributed by atoms with Gasteiger partial charge in [0.05, 0.1) is 11.3 Å². The van der Waals surface area contributed by atoms with Crippen LogP contribution < -0.4 is 5.32 Å². The number of aromatic nitrogens is 2. The van der Waals surface area contributed by atoms with Crippen LogP contribution in [0, 0.1) is 10.1 Å². The Hall–Kier alpha value is -2.74. The van der Waals surface area contributed by atoms with Crippen LogP contribution in [0.2, 0.25) is 0 Å². The lowest BCUT2D eigenvalue weighted by molar-refractivity contribution is -0.384. The normalized spacial score (nSPS) is 16.0. The third-order valence-corrected chi connectivity index (χ3v) is 4.27. The average Bonchev–Trinajstić information content (AvgIpc) is 3.10. The van der Waals surface area contributed by atoms with Crippen molar-refractivity contribution in [3.63, 3.8) is 0 Å². The van der Waals surface area contributed by atoms with Gasteiger partial charge in [0.25, 0.3) is 11.6 Å². The number of piperidine rings is 1. The molecule has 1 fully saturated rings. The number of benzene rings is 1. The molecule has 1 amide bonds. The van der Waals surface area contributed by atoms with Gasteiger partial charge in [-0.05, 0) is 45.1 Å². The number of amides is 1. The minimum Gasteiger partial charge on any atom is -0.349 e. The Kier molecular flexibility index (Phi) is 4.57. The monoisotopic (exact) mass is 329 g/mol. The van der Waals surface area contributed by atoms with E-state index in [1.165, 1.54) is 12.4 Å². The molecule has 0 spiro atoms. The highest BCUT2D eigenvalue weighted by atomic mass is 16.6. The van der Waals surface area contributed by atoms with Crippen molar-refractivity contribution in [1.82, 2.24) is 19.8 Å². The number of likely N-dealkylation sites (tertiary alicyclic amines) is 1. The molecule has 3 rings (SSSR count). The molecule has 1 aliphatic heterocycles. The summed E-state index contributed by atoms with van der Waals surface area (Å²) in [6.45, 7) is 1.87. The Morgan fingerprint density at radius 1 is 1.38 bits per heavy atom. The number of nitrogens with one attached hydrogen (secondary N) is 1. The van der Waals surface area contributed by atoms with E-state index in [4.69, 9.17) is 0 Å². The number of imidazole rings is 1. The van der Waals surface area contributed by atoms with Crippen LogP contribution in [0.1, 0.15) is 23.2 Å². The second-order valence-corrected chi connectivity index (χ2v) is 5.98. The molecule has 24 heavy (non-hydrogen) atoms. The molecule has 0 bridgehead atoms. The van der Waals surface area contributed by atoms with Crippen LogP contribution in [0.3, 0.4) is 0 Å². The van der Waals surface area contributed by atoms with Gasteiger partial charge in [0, 0.05) is 30.1 Å². The molecule has 2 heterocycles. The fourth-order valence-corrected chi connectivity index (χ4v) is 2.85. The van der Waals surface area contributed by atoms with Crippen molar-refractivity contribution in [2.24, 2.45) is 0 Å². The summed E-state index contributed by atoms with van der Waals surface area (Å²) < 4.78 is 1.55. The number of rotatable bonds is 4. The molecule has 0 unspecified atom stereocenters. The molecule has 1 aliphatic rings. The zero-order valence-corrected chi connectivity index (χ0v) is 13.4. The van der Waals surface area contributed by atoms with E-state index in [0.29, 0.717) is 11.3 Å². The minimum atomic E-state index is -0.484. The molecule has 0 atom stereocenters. The quantitative estimate of drug-likeness (QED) is 0.679. The Bertz CT molecular complexity index is 736. The Labute approximate surface area is 139 Å². The fraction of sp³-hybridized carbons (Fsp3) is 0.375. The van der Waals surface area contributed by atoms with E-state index in [-0.39, 0.29) is 17.6 Å². The summed E-state index contributed by atoms with van der Waals surface area (Å²) in [5, 5.41) is 14.3. The molecule has 0 aliphatic carbocycles. The molecule has 1 aromatic carbocycles. The predicted octanol–water partition coefficient (Wildman–Crippen LogP) is 1.60. The molecule has 126 valence electrons. The van der Waals surface area contributed by atoms with E-state index in [2.05, 4.69) is 22.2 Å². The fourth-order valence-electron chi connectivity index (χ4n) is 2.85. The topological polar surface area (TPSA) is 93.3 Å².